The molecule has 0 aromatic carbocycles. The molecule has 0 bridgehead atoms. The van der Waals surface area contributed by atoms with Crippen molar-refractivity contribution in [3.63, 3.8) is 0 Å². The first kappa shape index (κ1) is 5.72. The second kappa shape index (κ2) is 1.51. The molecule has 0 amide bonds. The van der Waals surface area contributed by atoms with Gasteiger partial charge < -0.3 is 5.32 Å². The van der Waals surface area contributed by atoms with Crippen LogP contribution in [0.4, 0.5) is 0 Å². The molecule has 1 aliphatic carbocycles. The first-order valence-electron chi connectivity index (χ1n) is 3.96. The Bertz CT molecular complexity index is 127. The molecule has 0 spiro atoms. The van der Waals surface area contributed by atoms with Gasteiger partial charge in [0, 0.05) is 6.54 Å². The molecule has 9 heavy (non-hydrogen) atoms. The predicted octanol–water partition coefficient (Wildman–Crippen LogP) is 1.25. The molecule has 1 saturated heterocycles. The summed E-state index contributed by atoms with van der Waals surface area (Å²) in [6, 6.07) is 0. The maximum Gasteiger partial charge on any atom is 0.00136 e. The number of nitrogens with one attached hydrogen (secondary N) is 1. The van der Waals surface area contributed by atoms with Gasteiger partial charge in [0.05, 0.1) is 0 Å². The largest absolute Gasteiger partial charge is 0.316 e. The molecule has 0 radical (unpaired) electrons. The average molecular weight is 125 g/mol. The van der Waals surface area contributed by atoms with Gasteiger partial charge in [0.2, 0.25) is 0 Å². The zero-order chi connectivity index (χ0) is 6.48. The Morgan fingerprint density at radius 1 is 1.56 bits per heavy atom. The van der Waals surface area contributed by atoms with Crippen molar-refractivity contribution in [1.29, 1.82) is 0 Å². The number of fused-ring (bicyclic) bond motifs is 1. The van der Waals surface area contributed by atoms with Crippen LogP contribution in [0.25, 0.3) is 0 Å². The third-order valence-electron chi connectivity index (χ3n) is 3.27. The predicted molar refractivity (Wildman–Crippen MR) is 38.2 cm³/mol. The Morgan fingerprint density at radius 2 is 2.33 bits per heavy atom. The van der Waals surface area contributed by atoms with E-state index in [2.05, 4.69) is 19.2 Å². The van der Waals surface area contributed by atoms with Crippen molar-refractivity contribution >= 4 is 0 Å². The van der Waals surface area contributed by atoms with Crippen LogP contribution >= 0.6 is 0 Å². The maximum atomic E-state index is 3.44. The molecule has 0 aromatic heterocycles. The molecule has 2 fully saturated rings. The Kier molecular flexibility index (Phi) is 0.963. The Labute approximate surface area is 56.8 Å². The first-order chi connectivity index (χ1) is 4.26. The van der Waals surface area contributed by atoms with Gasteiger partial charge in [-0.25, -0.2) is 0 Å². The van der Waals surface area contributed by atoms with Gasteiger partial charge in [-0.3, -0.25) is 0 Å². The molecule has 1 aliphatic heterocycles. The van der Waals surface area contributed by atoms with Crippen LogP contribution in [0.15, 0.2) is 0 Å². The summed E-state index contributed by atoms with van der Waals surface area (Å²) in [7, 11) is 0. The average Bonchev–Trinajstić information content (AvgIpc) is 2.38. The Balaban J connectivity index is 2.10. The molecule has 2 aliphatic rings. The van der Waals surface area contributed by atoms with Crippen LogP contribution in [0, 0.1) is 17.3 Å². The summed E-state index contributed by atoms with van der Waals surface area (Å²) in [6.07, 6.45) is 1.50. The second-order valence-corrected chi connectivity index (χ2v) is 3.92. The lowest BCUT2D eigenvalue weighted by molar-refractivity contribution is 0.364. The molecular formula is C8H15N. The van der Waals surface area contributed by atoms with E-state index in [1.165, 1.54) is 19.5 Å². The van der Waals surface area contributed by atoms with Crippen LogP contribution in [0.2, 0.25) is 0 Å². The van der Waals surface area contributed by atoms with E-state index in [0.29, 0.717) is 0 Å². The summed E-state index contributed by atoms with van der Waals surface area (Å²) in [5.74, 6) is 1.94. The van der Waals surface area contributed by atoms with Crippen LogP contribution in [0.1, 0.15) is 20.3 Å². The Morgan fingerprint density at radius 3 is 2.56 bits per heavy atom. The second-order valence-electron chi connectivity index (χ2n) is 3.92. The molecule has 1 heterocycles. The quantitative estimate of drug-likeness (QED) is 0.556. The lowest BCUT2D eigenvalue weighted by Gasteiger charge is -2.15. The van der Waals surface area contributed by atoms with Crippen molar-refractivity contribution in [3.05, 3.63) is 0 Å². The summed E-state index contributed by atoms with van der Waals surface area (Å²) in [5, 5.41) is 3.44. The third kappa shape index (κ3) is 0.586. The van der Waals surface area contributed by atoms with Crippen molar-refractivity contribution in [3.8, 4) is 0 Å². The van der Waals surface area contributed by atoms with Crippen LogP contribution < -0.4 is 5.32 Å². The zero-order valence-electron chi connectivity index (χ0n) is 6.28. The molecule has 1 N–H and O–H groups in total. The van der Waals surface area contributed by atoms with E-state index in [0.717, 1.165) is 17.3 Å². The minimum absolute atomic E-state index is 0.750. The van der Waals surface area contributed by atoms with E-state index in [4.69, 9.17) is 0 Å². The van der Waals surface area contributed by atoms with Gasteiger partial charge in [0.25, 0.3) is 0 Å². The van der Waals surface area contributed by atoms with Crippen molar-refractivity contribution in [2.24, 2.45) is 17.3 Å². The molecule has 0 aromatic rings. The fraction of sp³-hybridized carbons (Fsp3) is 1.00. The summed E-state index contributed by atoms with van der Waals surface area (Å²) < 4.78 is 0. The van der Waals surface area contributed by atoms with Gasteiger partial charge in [-0.1, -0.05) is 13.8 Å². The van der Waals surface area contributed by atoms with Gasteiger partial charge >= 0.3 is 0 Å². The number of rotatable bonds is 1. The standard InChI is InChI=1S/C8H15N/c1-6(2)8-3-7(8)4-9-5-8/h6-7,9H,3-5H2,1-2H3/t7?,8-/m1/s1. The van der Waals surface area contributed by atoms with E-state index in [9.17, 15) is 0 Å². The van der Waals surface area contributed by atoms with Crippen molar-refractivity contribution in [2.45, 2.75) is 20.3 Å². The molecule has 1 saturated carbocycles. The maximum absolute atomic E-state index is 3.44. The van der Waals surface area contributed by atoms with Crippen molar-refractivity contribution < 1.29 is 0 Å². The molecule has 1 heteroatoms. The topological polar surface area (TPSA) is 12.0 Å². The highest BCUT2D eigenvalue weighted by molar-refractivity contribution is 5.10. The highest BCUT2D eigenvalue weighted by atomic mass is 15.0. The fourth-order valence-electron chi connectivity index (χ4n) is 2.28. The molecule has 2 rings (SSSR count). The molecule has 2 atom stereocenters. The van der Waals surface area contributed by atoms with E-state index in [1.807, 2.05) is 0 Å². The summed E-state index contributed by atoms with van der Waals surface area (Å²) in [6.45, 7) is 7.29. The smallest absolute Gasteiger partial charge is 0.00136 e. The zero-order valence-corrected chi connectivity index (χ0v) is 6.28. The summed E-state index contributed by atoms with van der Waals surface area (Å²) in [5.41, 5.74) is 0.750. The van der Waals surface area contributed by atoms with Crippen LogP contribution in [0.3, 0.4) is 0 Å². The number of hydrogen-bond donors (Lipinski definition) is 1. The lowest BCUT2D eigenvalue weighted by Crippen LogP contribution is -2.20. The highest BCUT2D eigenvalue weighted by Crippen LogP contribution is 2.59. The fourth-order valence-corrected chi connectivity index (χ4v) is 2.28. The normalized spacial score (nSPS) is 47.7. The van der Waals surface area contributed by atoms with Crippen molar-refractivity contribution in [1.82, 2.24) is 5.32 Å². The van der Waals surface area contributed by atoms with E-state index in [-0.39, 0.29) is 0 Å². The van der Waals surface area contributed by atoms with Gasteiger partial charge in [-0.2, -0.15) is 0 Å². The van der Waals surface area contributed by atoms with E-state index < -0.39 is 0 Å². The summed E-state index contributed by atoms with van der Waals surface area (Å²) in [4.78, 5) is 0. The van der Waals surface area contributed by atoms with Crippen LogP contribution in [-0.4, -0.2) is 13.1 Å². The third-order valence-corrected chi connectivity index (χ3v) is 3.27. The van der Waals surface area contributed by atoms with Gasteiger partial charge in [0.15, 0.2) is 0 Å². The van der Waals surface area contributed by atoms with Crippen LogP contribution in [-0.2, 0) is 0 Å². The van der Waals surface area contributed by atoms with Gasteiger partial charge in [0.1, 0.15) is 0 Å². The number of piperidine rings is 1. The minimum atomic E-state index is 0.750. The van der Waals surface area contributed by atoms with Crippen LogP contribution in [0.5, 0.6) is 0 Å². The Hall–Kier alpha value is -0.0400. The van der Waals surface area contributed by atoms with Crippen molar-refractivity contribution in [2.75, 3.05) is 13.1 Å². The van der Waals surface area contributed by atoms with Gasteiger partial charge in [-0.15, -0.1) is 0 Å². The highest BCUT2D eigenvalue weighted by Gasteiger charge is 2.58. The SMILES string of the molecule is CC(C)[C@@]12CNCC1C2. The molecule has 52 valence electrons. The minimum Gasteiger partial charge on any atom is -0.316 e. The number of hydrogen-bond acceptors (Lipinski definition) is 1. The first-order valence-corrected chi connectivity index (χ1v) is 3.96. The monoisotopic (exact) mass is 125 g/mol. The summed E-state index contributed by atoms with van der Waals surface area (Å²) >= 11 is 0. The van der Waals surface area contributed by atoms with Gasteiger partial charge in [-0.05, 0) is 30.2 Å². The molecule has 1 unspecified atom stereocenters. The molecule has 1 nitrogen and oxygen atoms in total. The molecular weight excluding hydrogens is 110 g/mol. The van der Waals surface area contributed by atoms with E-state index >= 15 is 0 Å². The lowest BCUT2D eigenvalue weighted by atomic mass is 9.92. The van der Waals surface area contributed by atoms with E-state index in [1.54, 1.807) is 0 Å².